The van der Waals surface area contributed by atoms with Crippen molar-refractivity contribution < 1.29 is 38.1 Å². The third kappa shape index (κ3) is 3.01. The molecule has 7 nitrogen and oxygen atoms in total. The van der Waals surface area contributed by atoms with Gasteiger partial charge in [-0.2, -0.15) is 8.78 Å². The number of pyridine rings is 1. The molecule has 0 bridgehead atoms. The summed E-state index contributed by atoms with van der Waals surface area (Å²) >= 11 is 0. The third-order valence-corrected chi connectivity index (χ3v) is 3.70. The largest absolute Gasteiger partial charge is 0.506 e. The van der Waals surface area contributed by atoms with Gasteiger partial charge in [-0.15, -0.1) is 0 Å². The monoisotopic (exact) mass is 299 g/mol. The van der Waals surface area contributed by atoms with Crippen LogP contribution in [0.2, 0.25) is 0 Å². The first-order valence-electron chi connectivity index (χ1n) is 4.95. The summed E-state index contributed by atoms with van der Waals surface area (Å²) in [4.78, 5) is 12.7. The van der Waals surface area contributed by atoms with Gasteiger partial charge < -0.3 is 24.7 Å². The number of alkyl halides is 2. The minimum atomic E-state index is -5.54. The molecule has 0 radical (unpaired) electrons. The van der Waals surface area contributed by atoms with E-state index in [-0.39, 0.29) is 11.3 Å². The van der Waals surface area contributed by atoms with Crippen LogP contribution in [0.15, 0.2) is 6.20 Å². The van der Waals surface area contributed by atoms with Crippen LogP contribution in [0.4, 0.5) is 8.78 Å². The number of aliphatic hydroxyl groups is 2. The Labute approximate surface area is 106 Å². The van der Waals surface area contributed by atoms with Crippen LogP contribution < -0.4 is 4.52 Å². The number of hydrogen-bond donors (Lipinski definition) is 4. The molecule has 19 heavy (non-hydrogen) atoms. The van der Waals surface area contributed by atoms with Gasteiger partial charge in [0, 0.05) is 0 Å². The van der Waals surface area contributed by atoms with Crippen molar-refractivity contribution in [3.8, 4) is 11.5 Å². The molecule has 1 aromatic heterocycles. The molecule has 0 amide bonds. The van der Waals surface area contributed by atoms with Crippen molar-refractivity contribution in [3.05, 3.63) is 17.5 Å². The van der Waals surface area contributed by atoms with E-state index in [2.05, 4.69) is 9.51 Å². The highest BCUT2D eigenvalue weighted by molar-refractivity contribution is 7.54. The number of aromatic nitrogens is 1. The molecule has 1 atom stereocenters. The summed E-state index contributed by atoms with van der Waals surface area (Å²) in [6.45, 7) is -1.32. The molecule has 0 spiro atoms. The molecule has 0 fully saturated rings. The van der Waals surface area contributed by atoms with Crippen molar-refractivity contribution >= 4 is 7.60 Å². The smallest absolute Gasteiger partial charge is 0.448 e. The van der Waals surface area contributed by atoms with Crippen molar-refractivity contribution in [1.29, 1.82) is 0 Å². The Bertz CT molecular complexity index is 524. The van der Waals surface area contributed by atoms with E-state index in [0.29, 0.717) is 0 Å². The first-order valence-corrected chi connectivity index (χ1v) is 6.53. The van der Waals surface area contributed by atoms with Crippen molar-refractivity contribution in [3.63, 3.8) is 0 Å². The Hall–Kier alpha value is -1.28. The molecule has 0 saturated heterocycles. The zero-order valence-corrected chi connectivity index (χ0v) is 10.6. The molecule has 0 aliphatic heterocycles. The highest BCUT2D eigenvalue weighted by atomic mass is 31.2. The van der Waals surface area contributed by atoms with Crippen LogP contribution in [0.5, 0.6) is 11.5 Å². The van der Waals surface area contributed by atoms with Crippen LogP contribution in [0, 0.1) is 6.92 Å². The lowest BCUT2D eigenvalue weighted by molar-refractivity contribution is 0.00477. The van der Waals surface area contributed by atoms with Crippen LogP contribution >= 0.6 is 7.60 Å². The average Bonchev–Trinajstić information content (AvgIpc) is 2.34. The second-order valence-corrected chi connectivity index (χ2v) is 5.51. The van der Waals surface area contributed by atoms with E-state index >= 15 is 0 Å². The van der Waals surface area contributed by atoms with Gasteiger partial charge in [0.25, 0.3) is 0 Å². The van der Waals surface area contributed by atoms with Gasteiger partial charge in [0.1, 0.15) is 12.4 Å². The molecule has 4 N–H and O–H groups in total. The van der Waals surface area contributed by atoms with Gasteiger partial charge in [0.15, 0.2) is 5.75 Å². The standard InChI is InChI=1S/C9H12F2NO6P/c1-5-8(15)6(3-13)7(2-12-5)18-19(16,17)9(10,11)4-14/h2,13-15H,3-4H2,1H3,(H,16,17). The lowest BCUT2D eigenvalue weighted by Gasteiger charge is -2.21. The van der Waals surface area contributed by atoms with Crippen molar-refractivity contribution in [1.82, 2.24) is 4.98 Å². The van der Waals surface area contributed by atoms with Crippen molar-refractivity contribution in [2.45, 2.75) is 19.2 Å². The summed E-state index contributed by atoms with van der Waals surface area (Å²) in [7, 11) is -5.54. The van der Waals surface area contributed by atoms with Gasteiger partial charge in [-0.05, 0) is 6.92 Å². The molecule has 1 heterocycles. The fourth-order valence-corrected chi connectivity index (χ4v) is 1.89. The number of hydrogen-bond acceptors (Lipinski definition) is 6. The van der Waals surface area contributed by atoms with Gasteiger partial charge in [-0.3, -0.25) is 4.98 Å². The SMILES string of the molecule is Cc1ncc(OP(=O)(O)C(F)(F)CO)c(CO)c1O. The number of aryl methyl sites for hydroxylation is 1. The maximum atomic E-state index is 13.0. The first-order chi connectivity index (χ1) is 8.66. The summed E-state index contributed by atoms with van der Waals surface area (Å²) in [6.07, 6.45) is 0.816. The number of aromatic hydroxyl groups is 1. The van der Waals surface area contributed by atoms with E-state index in [1.54, 1.807) is 0 Å². The van der Waals surface area contributed by atoms with Crippen molar-refractivity contribution in [2.75, 3.05) is 6.61 Å². The van der Waals surface area contributed by atoms with E-state index in [9.17, 15) is 18.5 Å². The number of nitrogens with zero attached hydrogens (tertiary/aromatic N) is 1. The summed E-state index contributed by atoms with van der Waals surface area (Å²) in [5, 5.41) is 26.9. The zero-order valence-electron chi connectivity index (χ0n) is 9.75. The minimum Gasteiger partial charge on any atom is -0.506 e. The summed E-state index contributed by atoms with van der Waals surface area (Å²) < 4.78 is 41.6. The molecular formula is C9H12F2NO6P. The summed E-state index contributed by atoms with van der Waals surface area (Å²) in [6, 6.07) is 0. The van der Waals surface area contributed by atoms with E-state index < -0.39 is 38.0 Å². The van der Waals surface area contributed by atoms with Gasteiger partial charge in [-0.25, -0.2) is 4.57 Å². The van der Waals surface area contributed by atoms with Gasteiger partial charge >= 0.3 is 13.3 Å². The van der Waals surface area contributed by atoms with Gasteiger partial charge in [0.2, 0.25) is 0 Å². The second kappa shape index (κ2) is 5.38. The Kier molecular flexibility index (Phi) is 4.46. The molecule has 1 aromatic rings. The molecule has 0 aromatic carbocycles. The van der Waals surface area contributed by atoms with Crippen LogP contribution in [0.1, 0.15) is 11.3 Å². The summed E-state index contributed by atoms with van der Waals surface area (Å²) in [5.74, 6) is -1.20. The van der Waals surface area contributed by atoms with E-state index in [4.69, 9.17) is 15.1 Å². The molecule has 0 aliphatic rings. The number of halogens is 2. The Balaban J connectivity index is 3.21. The summed E-state index contributed by atoms with van der Waals surface area (Å²) in [5.41, 5.74) is -4.64. The lowest BCUT2D eigenvalue weighted by Crippen LogP contribution is -2.24. The topological polar surface area (TPSA) is 120 Å². The molecule has 1 rings (SSSR count). The molecule has 108 valence electrons. The van der Waals surface area contributed by atoms with Gasteiger partial charge in [0.05, 0.1) is 24.1 Å². The quantitative estimate of drug-likeness (QED) is 0.592. The normalized spacial score (nSPS) is 15.1. The highest BCUT2D eigenvalue weighted by Gasteiger charge is 2.52. The maximum absolute atomic E-state index is 13.0. The van der Waals surface area contributed by atoms with Gasteiger partial charge in [-0.1, -0.05) is 0 Å². The molecule has 0 saturated carbocycles. The first kappa shape index (κ1) is 15.8. The van der Waals surface area contributed by atoms with E-state index in [0.717, 1.165) is 6.20 Å². The number of rotatable bonds is 5. The van der Waals surface area contributed by atoms with E-state index in [1.165, 1.54) is 6.92 Å². The lowest BCUT2D eigenvalue weighted by atomic mass is 10.2. The molecule has 0 aliphatic carbocycles. The maximum Gasteiger partial charge on any atom is 0.448 e. The average molecular weight is 299 g/mol. The van der Waals surface area contributed by atoms with Crippen molar-refractivity contribution in [2.24, 2.45) is 0 Å². The molecule has 10 heteroatoms. The fraction of sp³-hybridized carbons (Fsp3) is 0.444. The number of aliphatic hydroxyl groups excluding tert-OH is 2. The Morgan fingerprint density at radius 1 is 1.47 bits per heavy atom. The highest BCUT2D eigenvalue weighted by Crippen LogP contribution is 2.57. The molecule has 1 unspecified atom stereocenters. The Morgan fingerprint density at radius 2 is 2.05 bits per heavy atom. The minimum absolute atomic E-state index is 0.0816. The zero-order chi connectivity index (χ0) is 14.8. The van der Waals surface area contributed by atoms with Crippen LogP contribution in [0.3, 0.4) is 0 Å². The predicted molar refractivity (Wildman–Crippen MR) is 59.0 cm³/mol. The van der Waals surface area contributed by atoms with Crippen LogP contribution in [0.25, 0.3) is 0 Å². The third-order valence-electron chi connectivity index (χ3n) is 2.29. The van der Waals surface area contributed by atoms with E-state index in [1.807, 2.05) is 0 Å². The molecular weight excluding hydrogens is 287 g/mol. The fourth-order valence-electron chi connectivity index (χ4n) is 1.15. The second-order valence-electron chi connectivity index (χ2n) is 3.63. The van der Waals surface area contributed by atoms with Crippen LogP contribution in [-0.2, 0) is 11.2 Å². The Morgan fingerprint density at radius 3 is 2.53 bits per heavy atom. The van der Waals surface area contributed by atoms with Crippen LogP contribution in [-0.4, -0.2) is 37.5 Å². The predicted octanol–water partition coefficient (Wildman–Crippen LogP) is 0.737.